The van der Waals surface area contributed by atoms with Crippen LogP contribution < -0.4 is 10.1 Å². The first kappa shape index (κ1) is 20.2. The van der Waals surface area contributed by atoms with E-state index in [-0.39, 0.29) is 0 Å². The maximum Gasteiger partial charge on any atom is 0.139 e. The lowest BCUT2D eigenvalue weighted by Gasteiger charge is -2.16. The van der Waals surface area contributed by atoms with Crippen molar-refractivity contribution in [2.45, 2.75) is 26.5 Å². The summed E-state index contributed by atoms with van der Waals surface area (Å²) in [6, 6.07) is 20.3. The molecule has 0 radical (unpaired) electrons. The summed E-state index contributed by atoms with van der Waals surface area (Å²) in [5.41, 5.74) is 4.43. The Morgan fingerprint density at radius 3 is 2.41 bits per heavy atom. The highest BCUT2D eigenvalue weighted by atomic mass is 79.9. The number of anilines is 1. The number of ether oxygens (including phenoxy) is 1. The maximum absolute atomic E-state index is 6.25. The summed E-state index contributed by atoms with van der Waals surface area (Å²) in [4.78, 5) is 0. The minimum Gasteiger partial charge on any atom is -0.487 e. The van der Waals surface area contributed by atoms with E-state index in [0.29, 0.717) is 18.2 Å². The molecule has 0 unspecified atom stereocenters. The zero-order valence-corrected chi connectivity index (χ0v) is 18.9. The third-order valence-corrected chi connectivity index (χ3v) is 5.68. The van der Waals surface area contributed by atoms with Gasteiger partial charge in [-0.25, -0.2) is 0 Å². The fourth-order valence-electron chi connectivity index (χ4n) is 2.73. The van der Waals surface area contributed by atoms with Crippen LogP contribution in [-0.4, -0.2) is 0 Å². The molecule has 0 atom stereocenters. The molecule has 2 nitrogen and oxygen atoms in total. The minimum absolute atomic E-state index is 0.415. The summed E-state index contributed by atoms with van der Waals surface area (Å²) in [6.45, 7) is 3.23. The van der Waals surface area contributed by atoms with Gasteiger partial charge < -0.3 is 10.1 Å². The summed E-state index contributed by atoms with van der Waals surface area (Å²) in [5, 5.41) is 4.18. The van der Waals surface area contributed by atoms with Gasteiger partial charge >= 0.3 is 0 Å². The molecule has 3 aromatic carbocycles. The van der Waals surface area contributed by atoms with Crippen molar-refractivity contribution >= 4 is 49.1 Å². The van der Waals surface area contributed by atoms with Crippen LogP contribution in [0.4, 0.5) is 5.69 Å². The van der Waals surface area contributed by atoms with Crippen LogP contribution in [0.25, 0.3) is 0 Å². The molecule has 0 amide bonds. The van der Waals surface area contributed by atoms with Crippen LogP contribution >= 0.6 is 43.5 Å². The second kappa shape index (κ2) is 9.63. The molecule has 0 saturated carbocycles. The zero-order chi connectivity index (χ0) is 19.2. The molecule has 27 heavy (non-hydrogen) atoms. The molecule has 140 valence electrons. The lowest BCUT2D eigenvalue weighted by molar-refractivity contribution is 0.301. The largest absolute Gasteiger partial charge is 0.487 e. The average molecular weight is 510 g/mol. The summed E-state index contributed by atoms with van der Waals surface area (Å²) >= 11 is 13.4. The van der Waals surface area contributed by atoms with Gasteiger partial charge in [-0.05, 0) is 58.2 Å². The van der Waals surface area contributed by atoms with Crippen LogP contribution in [0.3, 0.4) is 0 Å². The predicted octanol–water partition coefficient (Wildman–Crippen LogP) is 7.62. The van der Waals surface area contributed by atoms with Gasteiger partial charge in [0, 0.05) is 32.9 Å². The lowest BCUT2D eigenvalue weighted by Crippen LogP contribution is -2.05. The second-order valence-electron chi connectivity index (χ2n) is 6.16. The van der Waals surface area contributed by atoms with Gasteiger partial charge in [0.2, 0.25) is 0 Å². The Kier molecular flexibility index (Phi) is 7.22. The van der Waals surface area contributed by atoms with Crippen LogP contribution in [0.1, 0.15) is 23.6 Å². The van der Waals surface area contributed by atoms with Crippen LogP contribution in [0.2, 0.25) is 5.02 Å². The van der Waals surface area contributed by atoms with Crippen molar-refractivity contribution in [1.29, 1.82) is 0 Å². The van der Waals surface area contributed by atoms with Crippen LogP contribution in [0, 0.1) is 0 Å². The fraction of sp³-hybridized carbons (Fsp3) is 0.182. The van der Waals surface area contributed by atoms with Crippen LogP contribution in [-0.2, 0) is 19.6 Å². The molecule has 0 aliphatic carbocycles. The number of benzene rings is 3. The quantitative estimate of drug-likeness (QED) is 0.354. The van der Waals surface area contributed by atoms with Gasteiger partial charge in [-0.2, -0.15) is 0 Å². The minimum atomic E-state index is 0.415. The number of aryl methyl sites for hydroxylation is 1. The first-order valence-electron chi connectivity index (χ1n) is 8.73. The van der Waals surface area contributed by atoms with E-state index in [4.69, 9.17) is 16.3 Å². The average Bonchev–Trinajstić information content (AvgIpc) is 2.67. The Hall–Kier alpha value is -1.49. The van der Waals surface area contributed by atoms with E-state index in [9.17, 15) is 0 Å². The zero-order valence-electron chi connectivity index (χ0n) is 14.9. The molecule has 5 heteroatoms. The Morgan fingerprint density at radius 2 is 1.70 bits per heavy atom. The Labute approximate surface area is 182 Å². The van der Waals surface area contributed by atoms with Crippen molar-refractivity contribution in [3.63, 3.8) is 0 Å². The molecule has 0 aromatic heterocycles. The molecule has 0 aliphatic rings. The van der Waals surface area contributed by atoms with Crippen LogP contribution in [0.5, 0.6) is 5.75 Å². The third kappa shape index (κ3) is 5.50. The van der Waals surface area contributed by atoms with Gasteiger partial charge in [0.05, 0.1) is 4.47 Å². The summed E-state index contributed by atoms with van der Waals surface area (Å²) in [7, 11) is 0. The Balaban J connectivity index is 1.76. The number of nitrogens with one attached hydrogen (secondary N) is 1. The van der Waals surface area contributed by atoms with E-state index in [1.54, 1.807) is 0 Å². The number of hydrogen-bond donors (Lipinski definition) is 1. The Bertz CT molecular complexity index is 913. The van der Waals surface area contributed by atoms with Crippen molar-refractivity contribution in [1.82, 2.24) is 0 Å². The monoisotopic (exact) mass is 507 g/mol. The molecular weight excluding hydrogens is 490 g/mol. The summed E-state index contributed by atoms with van der Waals surface area (Å²) in [5.74, 6) is 0.816. The molecule has 0 saturated heterocycles. The first-order chi connectivity index (χ1) is 13.1. The van der Waals surface area contributed by atoms with E-state index in [1.807, 2.05) is 30.3 Å². The van der Waals surface area contributed by atoms with Crippen molar-refractivity contribution < 1.29 is 4.74 Å². The molecular formula is C22H20Br2ClNO. The van der Waals surface area contributed by atoms with Gasteiger partial charge in [0.1, 0.15) is 12.4 Å². The van der Waals surface area contributed by atoms with E-state index >= 15 is 0 Å². The molecule has 0 fully saturated rings. The van der Waals surface area contributed by atoms with Crippen molar-refractivity contribution in [3.8, 4) is 5.75 Å². The number of rotatable bonds is 7. The second-order valence-corrected chi connectivity index (χ2v) is 8.34. The summed E-state index contributed by atoms with van der Waals surface area (Å²) in [6.07, 6.45) is 1.04. The molecule has 3 aromatic rings. The lowest BCUT2D eigenvalue weighted by atomic mass is 10.1. The van der Waals surface area contributed by atoms with E-state index in [1.165, 1.54) is 5.56 Å². The van der Waals surface area contributed by atoms with Crippen molar-refractivity contribution in [3.05, 3.63) is 91.3 Å². The third-order valence-electron chi connectivity index (χ3n) is 4.26. The maximum atomic E-state index is 6.25. The smallest absolute Gasteiger partial charge is 0.139 e. The van der Waals surface area contributed by atoms with Gasteiger partial charge in [-0.3, -0.25) is 0 Å². The molecule has 1 N–H and O–H groups in total. The molecule has 0 bridgehead atoms. The topological polar surface area (TPSA) is 21.3 Å². The van der Waals surface area contributed by atoms with Gasteiger partial charge in [0.25, 0.3) is 0 Å². The predicted molar refractivity (Wildman–Crippen MR) is 121 cm³/mol. The van der Waals surface area contributed by atoms with Crippen molar-refractivity contribution in [2.24, 2.45) is 0 Å². The highest BCUT2D eigenvalue weighted by molar-refractivity contribution is 9.11. The summed E-state index contributed by atoms with van der Waals surface area (Å²) < 4.78 is 8.03. The van der Waals surface area contributed by atoms with Gasteiger partial charge in [-0.1, -0.05) is 64.8 Å². The van der Waals surface area contributed by atoms with Gasteiger partial charge in [-0.15, -0.1) is 0 Å². The fourth-order valence-corrected chi connectivity index (χ4v) is 4.35. The number of halogens is 3. The molecule has 3 rings (SSSR count). The van der Waals surface area contributed by atoms with Gasteiger partial charge in [0.15, 0.2) is 0 Å². The SMILES string of the molecule is CCc1ccc(NCc2cc(Br)cc(Br)c2OCc2ccccc2Cl)cc1. The van der Waals surface area contributed by atoms with E-state index < -0.39 is 0 Å². The van der Waals surface area contributed by atoms with E-state index in [2.05, 4.69) is 74.4 Å². The van der Waals surface area contributed by atoms with Crippen molar-refractivity contribution in [2.75, 3.05) is 5.32 Å². The molecule has 0 heterocycles. The molecule has 0 aliphatic heterocycles. The van der Waals surface area contributed by atoms with E-state index in [0.717, 1.165) is 37.9 Å². The Morgan fingerprint density at radius 1 is 0.963 bits per heavy atom. The van der Waals surface area contributed by atoms with Crippen LogP contribution in [0.15, 0.2) is 69.6 Å². The molecule has 0 spiro atoms. The highest BCUT2D eigenvalue weighted by Gasteiger charge is 2.12. The highest BCUT2D eigenvalue weighted by Crippen LogP contribution is 2.34. The first-order valence-corrected chi connectivity index (χ1v) is 10.7. The standard InChI is InChI=1S/C22H20Br2ClNO/c1-2-15-7-9-19(10-8-15)26-13-17-11-18(23)12-20(24)22(17)27-14-16-5-3-4-6-21(16)25/h3-12,26H,2,13-14H2,1H3. The number of hydrogen-bond acceptors (Lipinski definition) is 2. The normalized spacial score (nSPS) is 10.7.